The number of hydrogen-bond donors (Lipinski definition) is 3. The van der Waals surface area contributed by atoms with Crippen LogP contribution in [0.5, 0.6) is 5.75 Å². The second kappa shape index (κ2) is 10.1. The number of phenols is 1. The molecule has 0 spiro atoms. The molecule has 2 aromatic carbocycles. The van der Waals surface area contributed by atoms with E-state index in [2.05, 4.69) is 47.7 Å². The maximum Gasteiger partial charge on any atom is 0.303 e. The minimum absolute atomic E-state index is 0.0359. The van der Waals surface area contributed by atoms with E-state index in [1.54, 1.807) is 13.0 Å². The molecule has 3 rings (SSSR count). The van der Waals surface area contributed by atoms with Crippen LogP contribution in [-0.4, -0.2) is 45.1 Å². The van der Waals surface area contributed by atoms with E-state index in [0.29, 0.717) is 24.2 Å². The fourth-order valence-electron chi connectivity index (χ4n) is 3.70. The Balaban J connectivity index is 1.66. The van der Waals surface area contributed by atoms with Gasteiger partial charge in [0.1, 0.15) is 5.75 Å². The number of amides is 1. The van der Waals surface area contributed by atoms with Crippen LogP contribution in [0.1, 0.15) is 42.0 Å². The fourth-order valence-corrected chi connectivity index (χ4v) is 3.70. The number of nitrogens with one attached hydrogen (secondary N) is 1. The smallest absolute Gasteiger partial charge is 0.303 e. The van der Waals surface area contributed by atoms with Gasteiger partial charge in [0.25, 0.3) is 5.91 Å². The van der Waals surface area contributed by atoms with Crippen molar-refractivity contribution in [3.05, 3.63) is 58.7 Å². The zero-order chi connectivity index (χ0) is 23.3. The molecule has 0 radical (unpaired) electrons. The van der Waals surface area contributed by atoms with E-state index in [-0.39, 0.29) is 24.4 Å². The van der Waals surface area contributed by atoms with Crippen molar-refractivity contribution in [1.82, 2.24) is 5.01 Å². The predicted octanol–water partition coefficient (Wildman–Crippen LogP) is 3.65. The lowest BCUT2D eigenvalue weighted by atomic mass is 10.00. The van der Waals surface area contributed by atoms with Crippen LogP contribution in [-0.2, 0) is 22.4 Å². The summed E-state index contributed by atoms with van der Waals surface area (Å²) in [5, 5.41) is 29.0. The summed E-state index contributed by atoms with van der Waals surface area (Å²) in [4.78, 5) is 23.2. The number of carbonyl (C=O) groups is 2. The van der Waals surface area contributed by atoms with E-state index < -0.39 is 11.9 Å². The van der Waals surface area contributed by atoms with Gasteiger partial charge in [0, 0.05) is 13.0 Å². The Kier molecular flexibility index (Phi) is 7.25. The van der Waals surface area contributed by atoms with E-state index >= 15 is 0 Å². The standard InChI is InChI=1S/C24H28N4O4/c1-15-12-16(2)14-18(13-15)9-10-19-6-4-7-20(23(19)31)25-26-22-17(3)27-28(24(22)32)11-5-8-21(29)30/h4,6-7,12-14,25,31H,5,8-11H2,1-3H3,(H,29,30)/b26-22-. The van der Waals surface area contributed by atoms with Gasteiger partial charge in [-0.1, -0.05) is 41.5 Å². The summed E-state index contributed by atoms with van der Waals surface area (Å²) < 4.78 is 0. The maximum absolute atomic E-state index is 12.5. The van der Waals surface area contributed by atoms with Gasteiger partial charge in [-0.2, -0.15) is 10.2 Å². The van der Waals surface area contributed by atoms with E-state index in [0.717, 1.165) is 12.0 Å². The average Bonchev–Trinajstić information content (AvgIpc) is 2.98. The van der Waals surface area contributed by atoms with Crippen LogP contribution in [0, 0.1) is 13.8 Å². The number of carbonyl (C=O) groups excluding carboxylic acids is 1. The topological polar surface area (TPSA) is 115 Å². The second-order valence-electron chi connectivity index (χ2n) is 7.99. The van der Waals surface area contributed by atoms with Gasteiger partial charge in [0.05, 0.1) is 11.4 Å². The third-order valence-electron chi connectivity index (χ3n) is 5.18. The van der Waals surface area contributed by atoms with Crippen LogP contribution in [0.4, 0.5) is 5.69 Å². The van der Waals surface area contributed by atoms with Crippen molar-refractivity contribution >= 4 is 29.0 Å². The molecule has 0 saturated carbocycles. The lowest BCUT2D eigenvalue weighted by Gasteiger charge is -2.11. The average molecular weight is 437 g/mol. The van der Waals surface area contributed by atoms with Gasteiger partial charge in [-0.15, -0.1) is 0 Å². The van der Waals surface area contributed by atoms with Crippen molar-refractivity contribution in [3.8, 4) is 5.75 Å². The highest BCUT2D eigenvalue weighted by atomic mass is 16.4. The molecular formula is C24H28N4O4. The summed E-state index contributed by atoms with van der Waals surface area (Å²) in [5.41, 5.74) is 8.19. The summed E-state index contributed by atoms with van der Waals surface area (Å²) in [7, 11) is 0. The number of phenolic OH excluding ortho intramolecular Hbond substituents is 1. The summed E-state index contributed by atoms with van der Waals surface area (Å²) in [5.74, 6) is -1.22. The molecule has 0 aromatic heterocycles. The number of para-hydroxylation sites is 1. The molecule has 1 aliphatic heterocycles. The highest BCUT2D eigenvalue weighted by molar-refractivity contribution is 6.68. The lowest BCUT2D eigenvalue weighted by molar-refractivity contribution is -0.137. The Morgan fingerprint density at radius 1 is 1.12 bits per heavy atom. The Morgan fingerprint density at radius 2 is 1.84 bits per heavy atom. The molecule has 32 heavy (non-hydrogen) atoms. The summed E-state index contributed by atoms with van der Waals surface area (Å²) >= 11 is 0. The van der Waals surface area contributed by atoms with Crippen LogP contribution in [0.15, 0.2) is 46.6 Å². The minimum atomic E-state index is -0.916. The summed E-state index contributed by atoms with van der Waals surface area (Å²) in [6.45, 7) is 6.01. The molecule has 1 heterocycles. The van der Waals surface area contributed by atoms with Crippen LogP contribution < -0.4 is 5.43 Å². The summed E-state index contributed by atoms with van der Waals surface area (Å²) in [6.07, 6.45) is 1.73. The number of hydrogen-bond acceptors (Lipinski definition) is 6. The van der Waals surface area contributed by atoms with Gasteiger partial charge in [-0.25, -0.2) is 5.01 Å². The number of benzene rings is 2. The molecular weight excluding hydrogens is 408 g/mol. The zero-order valence-corrected chi connectivity index (χ0v) is 18.6. The first kappa shape index (κ1) is 23.0. The molecule has 1 amide bonds. The Labute approximate surface area is 187 Å². The molecule has 1 aliphatic rings. The molecule has 0 atom stereocenters. The molecule has 0 aliphatic carbocycles. The third-order valence-corrected chi connectivity index (χ3v) is 5.18. The molecule has 0 fully saturated rings. The predicted molar refractivity (Wildman–Crippen MR) is 124 cm³/mol. The van der Waals surface area contributed by atoms with Crippen molar-refractivity contribution in [2.75, 3.05) is 12.0 Å². The number of nitrogens with zero attached hydrogens (tertiary/aromatic N) is 3. The lowest BCUT2D eigenvalue weighted by Crippen LogP contribution is -2.29. The molecule has 0 bridgehead atoms. The number of carboxylic acids is 1. The molecule has 8 heteroatoms. The number of aryl methyl sites for hydroxylation is 4. The van der Waals surface area contributed by atoms with Gasteiger partial charge in [0.2, 0.25) is 0 Å². The second-order valence-corrected chi connectivity index (χ2v) is 7.99. The molecule has 3 N–H and O–H groups in total. The van der Waals surface area contributed by atoms with Crippen LogP contribution in [0.25, 0.3) is 0 Å². The van der Waals surface area contributed by atoms with Gasteiger partial charge >= 0.3 is 5.97 Å². The highest BCUT2D eigenvalue weighted by Crippen LogP contribution is 2.29. The zero-order valence-electron chi connectivity index (χ0n) is 18.6. The monoisotopic (exact) mass is 436 g/mol. The number of aliphatic carboxylic acids is 1. The largest absolute Gasteiger partial charge is 0.505 e. The quantitative estimate of drug-likeness (QED) is 0.410. The summed E-state index contributed by atoms with van der Waals surface area (Å²) in [6, 6.07) is 11.8. The first-order chi connectivity index (χ1) is 15.2. The molecule has 8 nitrogen and oxygen atoms in total. The molecule has 2 aromatic rings. The molecule has 168 valence electrons. The van der Waals surface area contributed by atoms with Crippen molar-refractivity contribution in [2.45, 2.75) is 46.5 Å². The van der Waals surface area contributed by atoms with Crippen molar-refractivity contribution in [1.29, 1.82) is 0 Å². The van der Waals surface area contributed by atoms with E-state index in [9.17, 15) is 14.7 Å². The number of anilines is 1. The van der Waals surface area contributed by atoms with E-state index in [4.69, 9.17) is 5.11 Å². The Bertz CT molecular complexity index is 1070. The van der Waals surface area contributed by atoms with Crippen LogP contribution >= 0.6 is 0 Å². The number of rotatable bonds is 9. The van der Waals surface area contributed by atoms with Gasteiger partial charge < -0.3 is 10.2 Å². The van der Waals surface area contributed by atoms with E-state index in [1.807, 2.05) is 12.1 Å². The van der Waals surface area contributed by atoms with Crippen LogP contribution in [0.3, 0.4) is 0 Å². The molecule has 0 saturated heterocycles. The fraction of sp³-hybridized carbons (Fsp3) is 0.333. The van der Waals surface area contributed by atoms with E-state index in [1.165, 1.54) is 21.7 Å². The van der Waals surface area contributed by atoms with Gasteiger partial charge in [0.15, 0.2) is 5.71 Å². The maximum atomic E-state index is 12.5. The van der Waals surface area contributed by atoms with Crippen molar-refractivity contribution < 1.29 is 19.8 Å². The van der Waals surface area contributed by atoms with Gasteiger partial charge in [-0.05, 0) is 57.2 Å². The first-order valence-corrected chi connectivity index (χ1v) is 10.6. The Hall–Kier alpha value is -3.68. The van der Waals surface area contributed by atoms with Gasteiger partial charge in [-0.3, -0.25) is 15.0 Å². The normalized spacial score (nSPS) is 14.7. The number of hydrazone groups is 2. The van der Waals surface area contributed by atoms with Crippen LogP contribution in [0.2, 0.25) is 0 Å². The minimum Gasteiger partial charge on any atom is -0.505 e. The number of carboxylic acid groups (broad SMARTS) is 1. The number of aromatic hydroxyl groups is 1. The highest BCUT2D eigenvalue weighted by Gasteiger charge is 2.29. The molecule has 0 unspecified atom stereocenters. The first-order valence-electron chi connectivity index (χ1n) is 10.6. The third kappa shape index (κ3) is 5.72. The SMILES string of the molecule is CC1=NN(CCCC(=O)O)C(=O)/C1=N\Nc1cccc(CCc2cc(C)cc(C)c2)c1O. The Morgan fingerprint density at radius 3 is 2.53 bits per heavy atom. The van der Waals surface area contributed by atoms with Crippen molar-refractivity contribution in [2.24, 2.45) is 10.2 Å². The van der Waals surface area contributed by atoms with Crippen molar-refractivity contribution in [3.63, 3.8) is 0 Å².